The molecule has 1 aliphatic rings. The van der Waals surface area contributed by atoms with Gasteiger partial charge in [-0.15, -0.1) is 0 Å². The van der Waals surface area contributed by atoms with Gasteiger partial charge in [0.25, 0.3) is 0 Å². The van der Waals surface area contributed by atoms with Gasteiger partial charge in [0.1, 0.15) is 5.75 Å². The summed E-state index contributed by atoms with van der Waals surface area (Å²) in [6.45, 7) is 9.47. The molecule has 1 heterocycles. The Balaban J connectivity index is 1.77. The van der Waals surface area contributed by atoms with Crippen LogP contribution < -0.4 is 15.4 Å². The fraction of sp³-hybridized carbons (Fsp3) is 0.579. The fourth-order valence-electron chi connectivity index (χ4n) is 2.92. The third kappa shape index (κ3) is 6.05. The number of hydrogen-bond acceptors (Lipinski definition) is 4. The van der Waals surface area contributed by atoms with E-state index in [1.807, 2.05) is 0 Å². The van der Waals surface area contributed by atoms with Crippen LogP contribution in [0.3, 0.4) is 0 Å². The van der Waals surface area contributed by atoms with Crippen LogP contribution in [0.15, 0.2) is 24.3 Å². The van der Waals surface area contributed by atoms with Gasteiger partial charge in [-0.2, -0.15) is 0 Å². The van der Waals surface area contributed by atoms with Crippen LogP contribution in [-0.4, -0.2) is 49.0 Å². The zero-order valence-electron chi connectivity index (χ0n) is 15.4. The van der Waals surface area contributed by atoms with E-state index in [1.165, 1.54) is 0 Å². The van der Waals surface area contributed by atoms with Gasteiger partial charge in [0, 0.05) is 18.3 Å². The molecule has 0 aliphatic carbocycles. The standard InChI is InChI=1S/C19H29N3O3/c1-4-22-11-5-6-16(22)12-20-18(23)19(24)21-15-7-9-17(10-8-15)25-13-14(2)3/h7-10,14,16H,4-6,11-13H2,1-3H3,(H,20,23)(H,21,24)/t16-/m1/s1. The van der Waals surface area contributed by atoms with Gasteiger partial charge in [0.2, 0.25) is 0 Å². The van der Waals surface area contributed by atoms with Gasteiger partial charge < -0.3 is 15.4 Å². The number of carbonyl (C=O) groups excluding carboxylic acids is 2. The van der Waals surface area contributed by atoms with Crippen molar-refractivity contribution in [3.05, 3.63) is 24.3 Å². The lowest BCUT2D eigenvalue weighted by Crippen LogP contribution is -2.43. The first-order chi connectivity index (χ1) is 12.0. The lowest BCUT2D eigenvalue weighted by atomic mass is 10.2. The lowest BCUT2D eigenvalue weighted by molar-refractivity contribution is -0.136. The van der Waals surface area contributed by atoms with Gasteiger partial charge >= 0.3 is 11.8 Å². The predicted octanol–water partition coefficient (Wildman–Crippen LogP) is 2.26. The topological polar surface area (TPSA) is 70.7 Å². The molecule has 6 heteroatoms. The fourth-order valence-corrected chi connectivity index (χ4v) is 2.92. The first-order valence-corrected chi connectivity index (χ1v) is 9.05. The molecule has 25 heavy (non-hydrogen) atoms. The molecule has 2 amide bonds. The van der Waals surface area contributed by atoms with E-state index in [-0.39, 0.29) is 0 Å². The summed E-state index contributed by atoms with van der Waals surface area (Å²) in [5.74, 6) is -0.0383. The molecule has 1 aromatic carbocycles. The molecule has 0 aromatic heterocycles. The van der Waals surface area contributed by atoms with Crippen LogP contribution in [0.25, 0.3) is 0 Å². The number of ether oxygens (including phenoxy) is 1. The number of benzene rings is 1. The van der Waals surface area contributed by atoms with Gasteiger partial charge in [-0.1, -0.05) is 20.8 Å². The van der Waals surface area contributed by atoms with Crippen molar-refractivity contribution in [2.24, 2.45) is 5.92 Å². The first kappa shape index (κ1) is 19.2. The number of hydrogen-bond donors (Lipinski definition) is 2. The summed E-state index contributed by atoms with van der Waals surface area (Å²) < 4.78 is 5.59. The summed E-state index contributed by atoms with van der Waals surface area (Å²) in [6, 6.07) is 7.37. The predicted molar refractivity (Wildman–Crippen MR) is 98.7 cm³/mol. The minimum absolute atomic E-state index is 0.333. The second kappa shape index (κ2) is 9.42. The van der Waals surface area contributed by atoms with Crippen molar-refractivity contribution in [3.63, 3.8) is 0 Å². The maximum Gasteiger partial charge on any atom is 0.313 e. The van der Waals surface area contributed by atoms with Crippen molar-refractivity contribution in [3.8, 4) is 5.75 Å². The average molecular weight is 347 g/mol. The van der Waals surface area contributed by atoms with Crippen LogP contribution in [0.2, 0.25) is 0 Å². The molecule has 1 saturated heterocycles. The summed E-state index contributed by atoms with van der Waals surface area (Å²) in [6.07, 6.45) is 2.21. The van der Waals surface area contributed by atoms with E-state index in [0.717, 1.165) is 31.7 Å². The van der Waals surface area contributed by atoms with E-state index in [2.05, 4.69) is 36.3 Å². The minimum Gasteiger partial charge on any atom is -0.493 e. The zero-order chi connectivity index (χ0) is 18.2. The maximum absolute atomic E-state index is 12.0. The van der Waals surface area contributed by atoms with Crippen molar-refractivity contribution in [2.75, 3.05) is 31.6 Å². The van der Waals surface area contributed by atoms with Crippen molar-refractivity contribution in [2.45, 2.75) is 39.7 Å². The summed E-state index contributed by atoms with van der Waals surface area (Å²) in [7, 11) is 0. The van der Waals surface area contributed by atoms with Crippen LogP contribution in [0, 0.1) is 5.92 Å². The molecular formula is C19H29N3O3. The molecule has 1 aromatic rings. The Morgan fingerprint density at radius 3 is 2.60 bits per heavy atom. The van der Waals surface area contributed by atoms with Crippen molar-refractivity contribution >= 4 is 17.5 Å². The molecule has 0 radical (unpaired) electrons. The third-order valence-electron chi connectivity index (χ3n) is 4.31. The molecule has 1 fully saturated rings. The summed E-state index contributed by atoms with van der Waals surface area (Å²) >= 11 is 0. The second-order valence-electron chi connectivity index (χ2n) is 6.82. The van der Waals surface area contributed by atoms with Crippen LogP contribution in [0.1, 0.15) is 33.6 Å². The number of anilines is 1. The Morgan fingerprint density at radius 1 is 1.24 bits per heavy atom. The molecule has 0 spiro atoms. The Bertz CT molecular complexity index is 572. The van der Waals surface area contributed by atoms with E-state index in [4.69, 9.17) is 4.74 Å². The maximum atomic E-state index is 12.0. The quantitative estimate of drug-likeness (QED) is 0.742. The highest BCUT2D eigenvalue weighted by Crippen LogP contribution is 2.17. The van der Waals surface area contributed by atoms with Crippen molar-refractivity contribution < 1.29 is 14.3 Å². The van der Waals surface area contributed by atoms with Gasteiger partial charge in [-0.3, -0.25) is 14.5 Å². The lowest BCUT2D eigenvalue weighted by Gasteiger charge is -2.22. The normalized spacial score (nSPS) is 17.5. The van der Waals surface area contributed by atoms with Crippen molar-refractivity contribution in [1.29, 1.82) is 0 Å². The van der Waals surface area contributed by atoms with Gasteiger partial charge in [-0.25, -0.2) is 0 Å². The number of nitrogens with one attached hydrogen (secondary N) is 2. The highest BCUT2D eigenvalue weighted by atomic mass is 16.5. The third-order valence-corrected chi connectivity index (χ3v) is 4.31. The smallest absolute Gasteiger partial charge is 0.313 e. The molecule has 2 rings (SSSR count). The molecule has 0 saturated carbocycles. The molecule has 1 aliphatic heterocycles. The number of rotatable bonds is 7. The van der Waals surface area contributed by atoms with E-state index >= 15 is 0 Å². The molecule has 6 nitrogen and oxygen atoms in total. The van der Waals surface area contributed by atoms with Gasteiger partial charge in [0.05, 0.1) is 6.61 Å². The van der Waals surface area contributed by atoms with Crippen LogP contribution >= 0.6 is 0 Å². The summed E-state index contributed by atoms with van der Waals surface area (Å²) in [5, 5.41) is 5.35. The summed E-state index contributed by atoms with van der Waals surface area (Å²) in [5.41, 5.74) is 0.577. The zero-order valence-corrected chi connectivity index (χ0v) is 15.4. The molecule has 0 unspecified atom stereocenters. The van der Waals surface area contributed by atoms with Crippen LogP contribution in [0.5, 0.6) is 5.75 Å². The Morgan fingerprint density at radius 2 is 1.96 bits per heavy atom. The SMILES string of the molecule is CCN1CCC[C@@H]1CNC(=O)C(=O)Nc1ccc(OCC(C)C)cc1. The number of likely N-dealkylation sites (N-methyl/N-ethyl adjacent to an activating group) is 1. The van der Waals surface area contributed by atoms with Gasteiger partial charge in [0.15, 0.2) is 0 Å². The average Bonchev–Trinajstić information content (AvgIpc) is 3.06. The van der Waals surface area contributed by atoms with Gasteiger partial charge in [-0.05, 0) is 56.1 Å². The van der Waals surface area contributed by atoms with Crippen LogP contribution in [-0.2, 0) is 9.59 Å². The number of likely N-dealkylation sites (tertiary alicyclic amines) is 1. The Labute approximate surface area is 149 Å². The van der Waals surface area contributed by atoms with E-state index in [1.54, 1.807) is 24.3 Å². The highest BCUT2D eigenvalue weighted by molar-refractivity contribution is 6.39. The molecule has 1 atom stereocenters. The second-order valence-corrected chi connectivity index (χ2v) is 6.82. The Hall–Kier alpha value is -2.08. The van der Waals surface area contributed by atoms with E-state index in [0.29, 0.717) is 30.8 Å². The van der Waals surface area contributed by atoms with E-state index < -0.39 is 11.8 Å². The molecular weight excluding hydrogens is 318 g/mol. The number of nitrogens with zero attached hydrogens (tertiary/aromatic N) is 1. The monoisotopic (exact) mass is 347 g/mol. The van der Waals surface area contributed by atoms with Crippen molar-refractivity contribution in [1.82, 2.24) is 10.2 Å². The number of carbonyl (C=O) groups is 2. The Kier molecular flexibility index (Phi) is 7.25. The largest absolute Gasteiger partial charge is 0.493 e. The van der Waals surface area contributed by atoms with Crippen LogP contribution in [0.4, 0.5) is 5.69 Å². The summed E-state index contributed by atoms with van der Waals surface area (Å²) in [4.78, 5) is 26.3. The van der Waals surface area contributed by atoms with E-state index in [9.17, 15) is 9.59 Å². The number of amides is 2. The minimum atomic E-state index is -0.642. The molecule has 2 N–H and O–H groups in total. The molecule has 0 bridgehead atoms. The highest BCUT2D eigenvalue weighted by Gasteiger charge is 2.24. The first-order valence-electron chi connectivity index (χ1n) is 9.05. The molecule has 138 valence electrons.